The number of hydrogen-bond acceptors (Lipinski definition) is 3. The zero-order chi connectivity index (χ0) is 17.1. The van der Waals surface area contributed by atoms with Crippen LogP contribution in [0.4, 0.5) is 4.39 Å². The molecule has 124 valence electrons. The predicted octanol–water partition coefficient (Wildman–Crippen LogP) is 3.90. The standard InChI is InChI=1S/C19H19FN2O2/c1-3-24-19(23)18-11-15-10-16(20)4-5-17(15)22(18)9-7-14-6-8-21-12-13(14)2/h4-6,8,10-12H,3,7,9H2,1-2H3. The Morgan fingerprint density at radius 1 is 1.29 bits per heavy atom. The van der Waals surface area contributed by atoms with E-state index in [1.54, 1.807) is 25.3 Å². The smallest absolute Gasteiger partial charge is 0.354 e. The lowest BCUT2D eigenvalue weighted by Gasteiger charge is -2.11. The Hall–Kier alpha value is -2.69. The second-order valence-corrected chi connectivity index (χ2v) is 5.66. The molecule has 5 heteroatoms. The Labute approximate surface area is 139 Å². The van der Waals surface area contributed by atoms with Gasteiger partial charge in [0.15, 0.2) is 0 Å². The van der Waals surface area contributed by atoms with Crippen molar-refractivity contribution >= 4 is 16.9 Å². The summed E-state index contributed by atoms with van der Waals surface area (Å²) < 4.78 is 20.5. The summed E-state index contributed by atoms with van der Waals surface area (Å²) in [6, 6.07) is 8.21. The Balaban J connectivity index is 1.99. The third kappa shape index (κ3) is 3.15. The van der Waals surface area contributed by atoms with Crippen molar-refractivity contribution in [3.8, 4) is 0 Å². The highest BCUT2D eigenvalue weighted by atomic mass is 19.1. The van der Waals surface area contributed by atoms with E-state index in [1.165, 1.54) is 17.7 Å². The van der Waals surface area contributed by atoms with Gasteiger partial charge in [-0.05, 0) is 61.7 Å². The van der Waals surface area contributed by atoms with Crippen molar-refractivity contribution in [2.75, 3.05) is 6.61 Å². The summed E-state index contributed by atoms with van der Waals surface area (Å²) in [5, 5.41) is 0.699. The van der Waals surface area contributed by atoms with Crippen molar-refractivity contribution in [2.45, 2.75) is 26.8 Å². The molecule has 0 radical (unpaired) electrons. The molecule has 4 nitrogen and oxygen atoms in total. The first-order valence-electron chi connectivity index (χ1n) is 7.95. The van der Waals surface area contributed by atoms with Crippen molar-refractivity contribution in [3.05, 3.63) is 65.4 Å². The number of rotatable bonds is 5. The van der Waals surface area contributed by atoms with Gasteiger partial charge in [-0.1, -0.05) is 0 Å². The van der Waals surface area contributed by atoms with E-state index < -0.39 is 0 Å². The van der Waals surface area contributed by atoms with Crippen LogP contribution < -0.4 is 0 Å². The summed E-state index contributed by atoms with van der Waals surface area (Å²) in [5.74, 6) is -0.708. The molecular formula is C19H19FN2O2. The zero-order valence-electron chi connectivity index (χ0n) is 13.8. The van der Waals surface area contributed by atoms with Gasteiger partial charge < -0.3 is 9.30 Å². The van der Waals surface area contributed by atoms with Crippen LogP contribution in [0.3, 0.4) is 0 Å². The van der Waals surface area contributed by atoms with Gasteiger partial charge in [-0.25, -0.2) is 9.18 Å². The number of nitrogens with zero attached hydrogens (tertiary/aromatic N) is 2. The topological polar surface area (TPSA) is 44.1 Å². The highest BCUT2D eigenvalue weighted by Gasteiger charge is 2.17. The van der Waals surface area contributed by atoms with Crippen LogP contribution in [0.1, 0.15) is 28.5 Å². The van der Waals surface area contributed by atoms with E-state index in [1.807, 2.05) is 23.8 Å². The number of carbonyl (C=O) groups is 1. The molecule has 0 aliphatic heterocycles. The number of aryl methyl sites for hydroxylation is 3. The van der Waals surface area contributed by atoms with Gasteiger partial charge in [-0.3, -0.25) is 4.98 Å². The molecule has 0 spiro atoms. The molecule has 0 saturated carbocycles. The third-order valence-corrected chi connectivity index (χ3v) is 4.09. The minimum Gasteiger partial charge on any atom is -0.461 e. The van der Waals surface area contributed by atoms with Gasteiger partial charge in [-0.2, -0.15) is 0 Å². The highest BCUT2D eigenvalue weighted by Crippen LogP contribution is 2.23. The fourth-order valence-electron chi connectivity index (χ4n) is 2.87. The van der Waals surface area contributed by atoms with Gasteiger partial charge in [0.1, 0.15) is 11.5 Å². The van der Waals surface area contributed by atoms with E-state index in [2.05, 4.69) is 4.98 Å². The molecule has 3 rings (SSSR count). The monoisotopic (exact) mass is 326 g/mol. The molecule has 2 heterocycles. The first-order chi connectivity index (χ1) is 11.6. The molecule has 0 amide bonds. The molecule has 0 fully saturated rings. The van der Waals surface area contributed by atoms with Crippen molar-refractivity contribution in [2.24, 2.45) is 0 Å². The maximum atomic E-state index is 13.5. The summed E-state index contributed by atoms with van der Waals surface area (Å²) in [7, 11) is 0. The largest absolute Gasteiger partial charge is 0.461 e. The van der Waals surface area contributed by atoms with Crippen LogP contribution in [-0.4, -0.2) is 22.1 Å². The number of ether oxygens (including phenoxy) is 1. The minimum atomic E-state index is -0.388. The maximum absolute atomic E-state index is 13.5. The first-order valence-corrected chi connectivity index (χ1v) is 7.95. The number of benzene rings is 1. The van der Waals surface area contributed by atoms with E-state index in [9.17, 15) is 9.18 Å². The molecule has 0 atom stereocenters. The number of esters is 1. The second-order valence-electron chi connectivity index (χ2n) is 5.66. The third-order valence-electron chi connectivity index (χ3n) is 4.09. The predicted molar refractivity (Wildman–Crippen MR) is 90.5 cm³/mol. The van der Waals surface area contributed by atoms with Crippen molar-refractivity contribution in [1.82, 2.24) is 9.55 Å². The van der Waals surface area contributed by atoms with Crippen LogP contribution in [0.5, 0.6) is 0 Å². The van der Waals surface area contributed by atoms with E-state index in [0.717, 1.165) is 17.5 Å². The average Bonchev–Trinajstić information content (AvgIpc) is 2.92. The molecule has 3 aromatic rings. The summed E-state index contributed by atoms with van der Waals surface area (Å²) in [6.07, 6.45) is 4.34. The molecular weight excluding hydrogens is 307 g/mol. The van der Waals surface area contributed by atoms with Gasteiger partial charge >= 0.3 is 5.97 Å². The van der Waals surface area contributed by atoms with Crippen LogP contribution in [0.2, 0.25) is 0 Å². The average molecular weight is 326 g/mol. The van der Waals surface area contributed by atoms with Gasteiger partial charge in [-0.15, -0.1) is 0 Å². The van der Waals surface area contributed by atoms with Crippen LogP contribution in [0, 0.1) is 12.7 Å². The van der Waals surface area contributed by atoms with Gasteiger partial charge in [0, 0.05) is 29.8 Å². The summed E-state index contributed by atoms with van der Waals surface area (Å²) in [4.78, 5) is 16.3. The van der Waals surface area contributed by atoms with Gasteiger partial charge in [0.25, 0.3) is 0 Å². The summed E-state index contributed by atoms with van der Waals surface area (Å²) in [6.45, 7) is 4.69. The van der Waals surface area contributed by atoms with Crippen LogP contribution in [0.25, 0.3) is 10.9 Å². The lowest BCUT2D eigenvalue weighted by molar-refractivity contribution is 0.0514. The Bertz CT molecular complexity index is 886. The van der Waals surface area contributed by atoms with Gasteiger partial charge in [0.2, 0.25) is 0 Å². The highest BCUT2D eigenvalue weighted by molar-refractivity contribution is 5.95. The Morgan fingerprint density at radius 3 is 2.88 bits per heavy atom. The molecule has 2 aromatic heterocycles. The first kappa shape index (κ1) is 16.2. The van der Waals surface area contributed by atoms with Gasteiger partial charge in [0.05, 0.1) is 6.61 Å². The van der Waals surface area contributed by atoms with E-state index in [0.29, 0.717) is 24.2 Å². The molecule has 0 bridgehead atoms. The number of halogens is 1. The second kappa shape index (κ2) is 6.83. The minimum absolute atomic E-state index is 0.304. The fourth-order valence-corrected chi connectivity index (χ4v) is 2.87. The Kier molecular flexibility index (Phi) is 4.60. The van der Waals surface area contributed by atoms with Crippen LogP contribution in [0.15, 0.2) is 42.7 Å². The van der Waals surface area contributed by atoms with E-state index >= 15 is 0 Å². The molecule has 0 aliphatic rings. The normalized spacial score (nSPS) is 11.0. The van der Waals surface area contributed by atoms with Crippen molar-refractivity contribution < 1.29 is 13.9 Å². The maximum Gasteiger partial charge on any atom is 0.354 e. The SMILES string of the molecule is CCOC(=O)c1cc2cc(F)ccc2n1CCc1ccncc1C. The van der Waals surface area contributed by atoms with Crippen molar-refractivity contribution in [1.29, 1.82) is 0 Å². The molecule has 0 unspecified atom stereocenters. The summed E-state index contributed by atoms with van der Waals surface area (Å²) in [5.41, 5.74) is 3.55. The van der Waals surface area contributed by atoms with E-state index in [4.69, 9.17) is 4.74 Å². The molecule has 0 N–H and O–H groups in total. The zero-order valence-corrected chi connectivity index (χ0v) is 13.8. The number of aromatic nitrogens is 2. The molecule has 24 heavy (non-hydrogen) atoms. The molecule has 1 aromatic carbocycles. The Morgan fingerprint density at radius 2 is 2.12 bits per heavy atom. The number of fused-ring (bicyclic) bond motifs is 1. The van der Waals surface area contributed by atoms with Crippen molar-refractivity contribution in [3.63, 3.8) is 0 Å². The van der Waals surface area contributed by atoms with Crippen LogP contribution >= 0.6 is 0 Å². The molecule has 0 aliphatic carbocycles. The fraction of sp³-hybridized carbons (Fsp3) is 0.263. The lowest BCUT2D eigenvalue weighted by atomic mass is 10.1. The molecule has 0 saturated heterocycles. The van der Waals surface area contributed by atoms with E-state index in [-0.39, 0.29) is 11.8 Å². The number of carbonyl (C=O) groups excluding carboxylic acids is 1. The number of hydrogen-bond donors (Lipinski definition) is 0. The number of pyridine rings is 1. The lowest BCUT2D eigenvalue weighted by Crippen LogP contribution is -2.13. The summed E-state index contributed by atoms with van der Waals surface area (Å²) >= 11 is 0. The quantitative estimate of drug-likeness (QED) is 0.668. The van der Waals surface area contributed by atoms with Crippen LogP contribution in [-0.2, 0) is 17.7 Å².